The van der Waals surface area contributed by atoms with E-state index >= 15 is 0 Å². The Labute approximate surface area is 214 Å². The van der Waals surface area contributed by atoms with Crippen LogP contribution in [-0.2, 0) is 25.7 Å². The van der Waals surface area contributed by atoms with Gasteiger partial charge in [-0.1, -0.05) is 30.3 Å². The molecule has 0 saturated carbocycles. The number of hydrogen-bond acceptors (Lipinski definition) is 5. The Bertz CT molecular complexity index is 1640. The lowest BCUT2D eigenvalue weighted by Crippen LogP contribution is -2.40. The van der Waals surface area contributed by atoms with E-state index in [-0.39, 0.29) is 30.5 Å². The molecule has 0 aliphatic heterocycles. The average Bonchev–Trinajstić information content (AvgIpc) is 2.90. The first-order valence-electron chi connectivity index (χ1n) is 11.5. The number of amides is 1. The minimum absolute atomic E-state index is 0.0325. The number of aromatic nitrogens is 2. The van der Waals surface area contributed by atoms with Crippen LogP contribution in [0.4, 0.5) is 13.2 Å². The van der Waals surface area contributed by atoms with E-state index in [4.69, 9.17) is 9.94 Å². The first-order valence-corrected chi connectivity index (χ1v) is 11.5. The molecule has 38 heavy (non-hydrogen) atoms. The molecule has 0 saturated heterocycles. The second kappa shape index (κ2) is 10.5. The fourth-order valence-electron chi connectivity index (χ4n) is 4.34. The molecule has 0 spiro atoms. The largest absolute Gasteiger partial charge is 0.497 e. The maximum Gasteiger partial charge on any atom is 0.416 e. The molecular weight excluding hydrogens is 503 g/mol. The van der Waals surface area contributed by atoms with Gasteiger partial charge in [0.1, 0.15) is 5.75 Å². The lowest BCUT2D eigenvalue weighted by Gasteiger charge is -2.16. The summed E-state index contributed by atoms with van der Waals surface area (Å²) < 4.78 is 47.0. The third-order valence-electron chi connectivity index (χ3n) is 6.29. The quantitative estimate of drug-likeness (QED) is 0.280. The summed E-state index contributed by atoms with van der Waals surface area (Å²) in [7, 11) is 1.45. The molecule has 8 nitrogen and oxygen atoms in total. The van der Waals surface area contributed by atoms with Crippen molar-refractivity contribution < 1.29 is 27.9 Å². The number of fused-ring (bicyclic) bond motifs is 1. The second-order valence-electron chi connectivity index (χ2n) is 8.75. The van der Waals surface area contributed by atoms with E-state index < -0.39 is 28.9 Å². The number of aryl methyl sites for hydroxylation is 2. The molecule has 0 radical (unpaired) electrons. The highest BCUT2D eigenvalue weighted by Gasteiger charge is 2.30. The number of ether oxygens (including phenoxy) is 1. The molecule has 1 amide bonds. The van der Waals surface area contributed by atoms with Crippen molar-refractivity contribution in [3.63, 3.8) is 0 Å². The summed E-state index contributed by atoms with van der Waals surface area (Å²) in [6, 6.07) is 14.3. The molecule has 0 aliphatic carbocycles. The summed E-state index contributed by atoms with van der Waals surface area (Å²) >= 11 is 0. The predicted octanol–water partition coefficient (Wildman–Crippen LogP) is 3.91. The fraction of sp³-hybridized carbons (Fsp3) is 0.222. The van der Waals surface area contributed by atoms with Crippen LogP contribution in [0, 0.1) is 6.92 Å². The van der Waals surface area contributed by atoms with Gasteiger partial charge >= 0.3 is 11.9 Å². The van der Waals surface area contributed by atoms with Crippen LogP contribution in [-0.4, -0.2) is 27.4 Å². The van der Waals surface area contributed by atoms with E-state index in [1.54, 1.807) is 36.7 Å². The van der Waals surface area contributed by atoms with E-state index in [0.717, 1.165) is 16.7 Å². The molecule has 3 aromatic carbocycles. The Morgan fingerprint density at radius 2 is 1.76 bits per heavy atom. The standard InChI is InChI=1S/C27H24F3N3O5/c1-16-12-18(6-8-21(16)24(34)31-37)15-33-23-14-20(38-2)7-9-22(23)25(35)32(26(33)36)11-10-17-4-3-5-19(13-17)27(28,29)30/h3-9,12-14,37H,10-11,15H2,1-2H3,(H,31,34). The van der Waals surface area contributed by atoms with E-state index in [9.17, 15) is 27.6 Å². The number of methoxy groups -OCH3 is 1. The van der Waals surface area contributed by atoms with Crippen molar-refractivity contribution in [1.82, 2.24) is 14.6 Å². The van der Waals surface area contributed by atoms with Gasteiger partial charge in [-0.15, -0.1) is 0 Å². The van der Waals surface area contributed by atoms with Crippen LogP contribution in [0.5, 0.6) is 5.75 Å². The lowest BCUT2D eigenvalue weighted by atomic mass is 10.0. The summed E-state index contributed by atoms with van der Waals surface area (Å²) in [6.45, 7) is 1.58. The minimum Gasteiger partial charge on any atom is -0.497 e. The number of benzene rings is 3. The van der Waals surface area contributed by atoms with Crippen molar-refractivity contribution in [3.05, 3.63) is 109 Å². The number of rotatable bonds is 7. The molecule has 0 bridgehead atoms. The van der Waals surface area contributed by atoms with Gasteiger partial charge in [0.2, 0.25) is 0 Å². The van der Waals surface area contributed by atoms with Crippen LogP contribution in [0.1, 0.15) is 32.6 Å². The third kappa shape index (κ3) is 5.32. The Kier molecular flexibility index (Phi) is 7.40. The van der Waals surface area contributed by atoms with Gasteiger partial charge in [-0.3, -0.25) is 23.9 Å². The van der Waals surface area contributed by atoms with Crippen molar-refractivity contribution in [2.45, 2.75) is 32.6 Å². The van der Waals surface area contributed by atoms with Crippen LogP contribution >= 0.6 is 0 Å². The molecule has 0 fully saturated rings. The number of nitrogens with one attached hydrogen (secondary N) is 1. The van der Waals surface area contributed by atoms with Gasteiger partial charge in [-0.2, -0.15) is 13.2 Å². The van der Waals surface area contributed by atoms with Crippen LogP contribution in [0.15, 0.2) is 70.3 Å². The molecule has 2 N–H and O–H groups in total. The molecule has 198 valence electrons. The SMILES string of the molecule is COc1ccc2c(=O)n(CCc3cccc(C(F)(F)F)c3)c(=O)n(Cc3ccc(C(=O)NO)c(C)c3)c2c1. The maximum absolute atomic E-state index is 13.6. The lowest BCUT2D eigenvalue weighted by molar-refractivity contribution is -0.137. The van der Waals surface area contributed by atoms with Gasteiger partial charge in [0, 0.05) is 18.2 Å². The minimum atomic E-state index is -4.51. The van der Waals surface area contributed by atoms with Crippen LogP contribution < -0.4 is 21.5 Å². The second-order valence-corrected chi connectivity index (χ2v) is 8.75. The molecule has 1 heterocycles. The van der Waals surface area contributed by atoms with E-state index in [2.05, 4.69) is 0 Å². The molecule has 0 atom stereocenters. The van der Waals surface area contributed by atoms with E-state index in [1.807, 2.05) is 0 Å². The van der Waals surface area contributed by atoms with E-state index in [1.165, 1.54) is 35.9 Å². The molecule has 4 rings (SSSR count). The highest BCUT2D eigenvalue weighted by Crippen LogP contribution is 2.29. The van der Waals surface area contributed by atoms with Gasteiger partial charge in [0.15, 0.2) is 0 Å². The van der Waals surface area contributed by atoms with Gasteiger partial charge in [-0.05, 0) is 54.3 Å². The molecule has 1 aromatic heterocycles. The Hall–Kier alpha value is -4.38. The number of hydrogen-bond donors (Lipinski definition) is 2. The summed E-state index contributed by atoms with van der Waals surface area (Å²) in [4.78, 5) is 38.7. The van der Waals surface area contributed by atoms with Crippen molar-refractivity contribution in [2.75, 3.05) is 7.11 Å². The topological polar surface area (TPSA) is 103 Å². The highest BCUT2D eigenvalue weighted by molar-refractivity contribution is 5.94. The summed E-state index contributed by atoms with van der Waals surface area (Å²) in [5.41, 5.74) is 1.68. The van der Waals surface area contributed by atoms with Crippen LogP contribution in [0.3, 0.4) is 0 Å². The summed E-state index contributed by atoms with van der Waals surface area (Å²) in [6.07, 6.45) is -4.47. The zero-order valence-corrected chi connectivity index (χ0v) is 20.5. The molecule has 0 unspecified atom stereocenters. The van der Waals surface area contributed by atoms with Crippen LogP contribution in [0.25, 0.3) is 10.9 Å². The Morgan fingerprint density at radius 1 is 1.00 bits per heavy atom. The molecule has 0 aliphatic rings. The zero-order chi connectivity index (χ0) is 27.6. The number of nitrogens with zero attached hydrogens (tertiary/aromatic N) is 2. The molecular formula is C27H24F3N3O5. The highest BCUT2D eigenvalue weighted by atomic mass is 19.4. The first kappa shape index (κ1) is 26.7. The van der Waals surface area contributed by atoms with Gasteiger partial charge in [0.25, 0.3) is 11.5 Å². The van der Waals surface area contributed by atoms with Crippen molar-refractivity contribution in [2.24, 2.45) is 0 Å². The van der Waals surface area contributed by atoms with Crippen molar-refractivity contribution >= 4 is 16.8 Å². The first-order chi connectivity index (χ1) is 18.0. The van der Waals surface area contributed by atoms with E-state index in [0.29, 0.717) is 28.0 Å². The third-order valence-corrected chi connectivity index (χ3v) is 6.29. The monoisotopic (exact) mass is 527 g/mol. The number of carbonyl (C=O) groups excluding carboxylic acids is 1. The average molecular weight is 527 g/mol. The summed E-state index contributed by atoms with van der Waals surface area (Å²) in [5, 5.41) is 9.16. The number of hydroxylamine groups is 1. The number of carbonyl (C=O) groups is 1. The fourth-order valence-corrected chi connectivity index (χ4v) is 4.34. The number of alkyl halides is 3. The Morgan fingerprint density at radius 3 is 2.42 bits per heavy atom. The van der Waals surface area contributed by atoms with Crippen molar-refractivity contribution in [1.29, 1.82) is 0 Å². The predicted molar refractivity (Wildman–Crippen MR) is 134 cm³/mol. The Balaban J connectivity index is 1.79. The zero-order valence-electron chi connectivity index (χ0n) is 20.5. The maximum atomic E-state index is 13.6. The number of halogens is 3. The molecule has 11 heteroatoms. The smallest absolute Gasteiger partial charge is 0.416 e. The molecule has 4 aromatic rings. The van der Waals surface area contributed by atoms with Gasteiger partial charge in [-0.25, -0.2) is 10.3 Å². The van der Waals surface area contributed by atoms with Crippen LogP contribution in [0.2, 0.25) is 0 Å². The van der Waals surface area contributed by atoms with Gasteiger partial charge < -0.3 is 4.74 Å². The summed E-state index contributed by atoms with van der Waals surface area (Å²) in [5.74, 6) is -0.248. The van der Waals surface area contributed by atoms with Gasteiger partial charge in [0.05, 0.1) is 30.1 Å². The van der Waals surface area contributed by atoms with Crippen molar-refractivity contribution in [3.8, 4) is 5.75 Å². The normalized spacial score (nSPS) is 11.5.